The summed E-state index contributed by atoms with van der Waals surface area (Å²) >= 11 is 3.50. The SMILES string of the molecule is CCCCc1ccc(-n2c(C)cc(C=Nn3c(C4CCCCC4)nc4ccc(Br)cc4c3=O)c2C)cc1. The normalized spacial score (nSPS) is 14.7. The van der Waals surface area contributed by atoms with Crippen molar-refractivity contribution in [3.05, 3.63) is 91.7 Å². The summed E-state index contributed by atoms with van der Waals surface area (Å²) in [4.78, 5) is 18.6. The average Bonchev–Trinajstić information content (AvgIpc) is 3.20. The Balaban J connectivity index is 1.54. The number of nitrogens with zero attached hydrogens (tertiary/aromatic N) is 4. The molecule has 0 spiro atoms. The number of aromatic nitrogens is 3. The Morgan fingerprint density at radius 2 is 1.81 bits per heavy atom. The third-order valence-corrected chi connectivity index (χ3v) is 8.09. The molecule has 4 aromatic rings. The van der Waals surface area contributed by atoms with Gasteiger partial charge in [0.05, 0.1) is 17.1 Å². The smallest absolute Gasteiger partial charge is 0.282 e. The van der Waals surface area contributed by atoms with Crippen molar-refractivity contribution in [3.63, 3.8) is 0 Å². The van der Waals surface area contributed by atoms with E-state index in [0.29, 0.717) is 5.39 Å². The van der Waals surface area contributed by atoms with Crippen molar-refractivity contribution in [2.75, 3.05) is 0 Å². The van der Waals surface area contributed by atoms with E-state index in [4.69, 9.17) is 10.1 Å². The number of halogens is 1. The van der Waals surface area contributed by atoms with E-state index in [1.54, 1.807) is 4.68 Å². The fraction of sp³-hybridized carbons (Fsp3) is 0.387. The van der Waals surface area contributed by atoms with Gasteiger partial charge in [-0.05, 0) is 81.5 Å². The molecule has 1 aliphatic carbocycles. The molecule has 192 valence electrons. The molecule has 1 fully saturated rings. The maximum atomic E-state index is 13.6. The van der Waals surface area contributed by atoms with Gasteiger partial charge in [0.1, 0.15) is 5.82 Å². The monoisotopic (exact) mass is 558 g/mol. The van der Waals surface area contributed by atoms with E-state index in [2.05, 4.69) is 71.6 Å². The third-order valence-electron chi connectivity index (χ3n) is 7.60. The highest BCUT2D eigenvalue weighted by Crippen LogP contribution is 2.32. The van der Waals surface area contributed by atoms with Crippen LogP contribution in [-0.4, -0.2) is 20.4 Å². The van der Waals surface area contributed by atoms with Crippen molar-refractivity contribution < 1.29 is 0 Å². The summed E-state index contributed by atoms with van der Waals surface area (Å²) in [5.74, 6) is 1.04. The van der Waals surface area contributed by atoms with Gasteiger partial charge in [-0.15, -0.1) is 0 Å². The second kappa shape index (κ2) is 11.2. The van der Waals surface area contributed by atoms with Crippen LogP contribution in [0.5, 0.6) is 0 Å². The number of aryl methyl sites for hydroxylation is 2. The Bertz CT molecular complexity index is 1490. The minimum atomic E-state index is -0.111. The molecule has 2 aromatic carbocycles. The number of benzene rings is 2. The zero-order valence-electron chi connectivity index (χ0n) is 22.0. The summed E-state index contributed by atoms with van der Waals surface area (Å²) in [5, 5.41) is 5.36. The lowest BCUT2D eigenvalue weighted by Crippen LogP contribution is -2.25. The van der Waals surface area contributed by atoms with E-state index >= 15 is 0 Å². The van der Waals surface area contributed by atoms with Crippen LogP contribution in [0.1, 0.15) is 86.1 Å². The van der Waals surface area contributed by atoms with Crippen LogP contribution in [-0.2, 0) is 6.42 Å². The van der Waals surface area contributed by atoms with Crippen molar-refractivity contribution in [2.45, 2.75) is 78.1 Å². The first-order chi connectivity index (χ1) is 18.0. The van der Waals surface area contributed by atoms with E-state index in [1.807, 2.05) is 24.4 Å². The molecule has 5 rings (SSSR count). The number of fused-ring (bicyclic) bond motifs is 1. The van der Waals surface area contributed by atoms with Gasteiger partial charge >= 0.3 is 0 Å². The molecule has 0 N–H and O–H groups in total. The maximum Gasteiger partial charge on any atom is 0.282 e. The Kier molecular flexibility index (Phi) is 7.75. The van der Waals surface area contributed by atoms with Crippen molar-refractivity contribution in [1.82, 2.24) is 14.2 Å². The molecule has 1 aliphatic rings. The van der Waals surface area contributed by atoms with Gasteiger partial charge in [-0.25, -0.2) is 4.98 Å². The lowest BCUT2D eigenvalue weighted by atomic mass is 9.88. The number of rotatable bonds is 7. The first-order valence-corrected chi connectivity index (χ1v) is 14.3. The predicted molar refractivity (Wildman–Crippen MR) is 156 cm³/mol. The second-order valence-corrected chi connectivity index (χ2v) is 11.2. The van der Waals surface area contributed by atoms with E-state index in [0.717, 1.165) is 57.7 Å². The van der Waals surface area contributed by atoms with Gasteiger partial charge in [0.2, 0.25) is 0 Å². The van der Waals surface area contributed by atoms with Gasteiger partial charge in [-0.3, -0.25) is 4.79 Å². The summed E-state index contributed by atoms with van der Waals surface area (Å²) in [6.45, 7) is 6.45. The molecule has 0 unspecified atom stereocenters. The molecular formula is C31H35BrN4O. The Hall–Kier alpha value is -2.99. The zero-order chi connectivity index (χ0) is 25.9. The third kappa shape index (κ3) is 5.35. The van der Waals surface area contributed by atoms with E-state index in [1.165, 1.54) is 37.7 Å². The van der Waals surface area contributed by atoms with Crippen LogP contribution in [0.4, 0.5) is 0 Å². The standard InChI is InChI=1S/C31H35BrN4O/c1-4-5-9-23-12-15-27(16-13-23)35-21(2)18-25(22(35)3)20-33-36-30(24-10-7-6-8-11-24)34-29-17-14-26(32)19-28(29)31(36)37/h12-20,24H,4-11H2,1-3H3. The highest BCUT2D eigenvalue weighted by molar-refractivity contribution is 9.10. The average molecular weight is 560 g/mol. The first kappa shape index (κ1) is 25.7. The highest BCUT2D eigenvalue weighted by atomic mass is 79.9. The van der Waals surface area contributed by atoms with Crippen molar-refractivity contribution >= 4 is 33.0 Å². The molecular weight excluding hydrogens is 524 g/mol. The number of hydrogen-bond acceptors (Lipinski definition) is 3. The van der Waals surface area contributed by atoms with Gasteiger partial charge in [-0.2, -0.15) is 9.78 Å². The summed E-state index contributed by atoms with van der Waals surface area (Å²) in [5.41, 5.74) is 6.39. The van der Waals surface area contributed by atoms with Crippen LogP contribution in [0.3, 0.4) is 0 Å². The Morgan fingerprint density at radius 1 is 1.05 bits per heavy atom. The summed E-state index contributed by atoms with van der Waals surface area (Å²) in [6.07, 6.45) is 11.0. The van der Waals surface area contributed by atoms with Crippen LogP contribution in [0.25, 0.3) is 16.6 Å². The largest absolute Gasteiger partial charge is 0.318 e. The molecule has 37 heavy (non-hydrogen) atoms. The molecule has 0 saturated heterocycles. The molecule has 6 heteroatoms. The first-order valence-electron chi connectivity index (χ1n) is 13.5. The number of hydrogen-bond donors (Lipinski definition) is 0. The van der Waals surface area contributed by atoms with Gasteiger partial charge in [0.15, 0.2) is 0 Å². The van der Waals surface area contributed by atoms with Gasteiger partial charge in [0.25, 0.3) is 5.56 Å². The Morgan fingerprint density at radius 3 is 2.54 bits per heavy atom. The minimum Gasteiger partial charge on any atom is -0.318 e. The van der Waals surface area contributed by atoms with Crippen LogP contribution >= 0.6 is 15.9 Å². The fourth-order valence-corrected chi connectivity index (χ4v) is 5.89. The van der Waals surface area contributed by atoms with Crippen LogP contribution in [0.2, 0.25) is 0 Å². The lowest BCUT2D eigenvalue weighted by Gasteiger charge is -2.22. The molecule has 0 amide bonds. The van der Waals surface area contributed by atoms with Crippen LogP contribution in [0, 0.1) is 13.8 Å². The second-order valence-electron chi connectivity index (χ2n) is 10.3. The lowest BCUT2D eigenvalue weighted by molar-refractivity contribution is 0.416. The molecule has 2 aromatic heterocycles. The number of unbranched alkanes of at least 4 members (excludes halogenated alkanes) is 1. The van der Waals surface area contributed by atoms with Crippen molar-refractivity contribution in [2.24, 2.45) is 5.10 Å². The summed E-state index contributed by atoms with van der Waals surface area (Å²) in [7, 11) is 0. The van der Waals surface area contributed by atoms with Crippen LogP contribution in [0.15, 0.2) is 62.9 Å². The van der Waals surface area contributed by atoms with E-state index < -0.39 is 0 Å². The van der Waals surface area contributed by atoms with Gasteiger partial charge in [-0.1, -0.05) is 60.7 Å². The molecule has 0 aliphatic heterocycles. The summed E-state index contributed by atoms with van der Waals surface area (Å²) in [6, 6.07) is 16.7. The molecule has 5 nitrogen and oxygen atoms in total. The van der Waals surface area contributed by atoms with Crippen molar-refractivity contribution in [3.8, 4) is 5.69 Å². The van der Waals surface area contributed by atoms with Gasteiger partial charge in [0, 0.05) is 33.0 Å². The van der Waals surface area contributed by atoms with Gasteiger partial charge < -0.3 is 4.57 Å². The van der Waals surface area contributed by atoms with E-state index in [9.17, 15) is 4.79 Å². The predicted octanol–water partition coefficient (Wildman–Crippen LogP) is 7.84. The minimum absolute atomic E-state index is 0.111. The molecule has 1 saturated carbocycles. The molecule has 2 heterocycles. The molecule has 0 bridgehead atoms. The quantitative estimate of drug-likeness (QED) is 0.217. The Labute approximate surface area is 227 Å². The maximum absolute atomic E-state index is 13.6. The molecule has 0 radical (unpaired) electrons. The van der Waals surface area contributed by atoms with Crippen LogP contribution < -0.4 is 5.56 Å². The molecule has 0 atom stereocenters. The summed E-state index contributed by atoms with van der Waals surface area (Å²) < 4.78 is 4.68. The fourth-order valence-electron chi connectivity index (χ4n) is 5.53. The van der Waals surface area contributed by atoms with Crippen molar-refractivity contribution in [1.29, 1.82) is 0 Å². The zero-order valence-corrected chi connectivity index (χ0v) is 23.6. The highest BCUT2D eigenvalue weighted by Gasteiger charge is 2.22. The topological polar surface area (TPSA) is 52.2 Å². The van der Waals surface area contributed by atoms with E-state index in [-0.39, 0.29) is 11.5 Å².